The van der Waals surface area contributed by atoms with Gasteiger partial charge in [0.05, 0.1) is 24.4 Å². The molecule has 3 N–H and O–H groups in total. The molecule has 25 heavy (non-hydrogen) atoms. The summed E-state index contributed by atoms with van der Waals surface area (Å²) in [5.41, 5.74) is 0.972. The highest BCUT2D eigenvalue weighted by Crippen LogP contribution is 2.39. The summed E-state index contributed by atoms with van der Waals surface area (Å²) in [5.74, 6) is 0.0881. The summed E-state index contributed by atoms with van der Waals surface area (Å²) in [6.07, 6.45) is 2.90. The first-order valence-corrected chi connectivity index (χ1v) is 8.90. The number of rotatable bonds is 1. The molecular formula is C19H25N3O3. The van der Waals surface area contributed by atoms with Crippen molar-refractivity contribution in [2.24, 2.45) is 0 Å². The molecule has 0 aromatic heterocycles. The third kappa shape index (κ3) is 2.43. The summed E-state index contributed by atoms with van der Waals surface area (Å²) < 4.78 is 0. The Kier molecular flexibility index (Phi) is 3.77. The van der Waals surface area contributed by atoms with Crippen LogP contribution in [0.15, 0.2) is 36.1 Å². The average Bonchev–Trinajstić information content (AvgIpc) is 2.58. The van der Waals surface area contributed by atoms with E-state index in [-0.39, 0.29) is 17.7 Å². The van der Waals surface area contributed by atoms with Gasteiger partial charge in [-0.15, -0.1) is 0 Å². The third-order valence-electron chi connectivity index (χ3n) is 5.85. The molecule has 3 aliphatic heterocycles. The molecule has 134 valence electrons. The number of nitrogens with zero attached hydrogens (tertiary/aromatic N) is 2. The molecule has 0 unspecified atom stereocenters. The Labute approximate surface area is 147 Å². The predicted octanol–water partition coefficient (Wildman–Crippen LogP) is 1.94. The van der Waals surface area contributed by atoms with E-state index in [1.165, 1.54) is 0 Å². The third-order valence-corrected chi connectivity index (χ3v) is 5.85. The van der Waals surface area contributed by atoms with Crippen molar-refractivity contribution < 1.29 is 15.0 Å². The molecule has 3 aliphatic rings. The second kappa shape index (κ2) is 5.75. The van der Waals surface area contributed by atoms with Crippen molar-refractivity contribution >= 4 is 11.6 Å². The number of fused-ring (bicyclic) bond motifs is 2. The van der Waals surface area contributed by atoms with Crippen molar-refractivity contribution in [2.45, 2.75) is 50.4 Å². The number of carbonyl (C=O) groups excluding carboxylic acids is 1. The van der Waals surface area contributed by atoms with Gasteiger partial charge >= 0.3 is 0 Å². The van der Waals surface area contributed by atoms with Gasteiger partial charge in [0.15, 0.2) is 0 Å². The fourth-order valence-corrected chi connectivity index (χ4v) is 4.63. The van der Waals surface area contributed by atoms with Crippen molar-refractivity contribution in [3.05, 3.63) is 41.7 Å². The number of para-hydroxylation sites is 1. The van der Waals surface area contributed by atoms with Gasteiger partial charge in [0, 0.05) is 11.2 Å². The lowest BCUT2D eigenvalue weighted by molar-refractivity contribution is -0.0641. The second-order valence-electron chi connectivity index (χ2n) is 7.70. The van der Waals surface area contributed by atoms with E-state index in [2.05, 4.69) is 10.2 Å². The minimum Gasteiger partial charge on any atom is -0.510 e. The number of amides is 1. The van der Waals surface area contributed by atoms with Gasteiger partial charge in [-0.3, -0.25) is 9.69 Å². The smallest absolute Gasteiger partial charge is 0.258 e. The van der Waals surface area contributed by atoms with Crippen LogP contribution in [0, 0.1) is 0 Å². The molecular weight excluding hydrogens is 318 g/mol. The fourth-order valence-electron chi connectivity index (χ4n) is 4.63. The zero-order chi connectivity index (χ0) is 17.8. The molecule has 6 heteroatoms. The molecule has 0 saturated carbocycles. The molecule has 1 saturated heterocycles. The normalized spacial score (nSPS) is 31.6. The van der Waals surface area contributed by atoms with Crippen LogP contribution < -0.4 is 5.32 Å². The zero-order valence-corrected chi connectivity index (χ0v) is 14.6. The topological polar surface area (TPSA) is 76.0 Å². The highest BCUT2D eigenvalue weighted by atomic mass is 16.3. The van der Waals surface area contributed by atoms with Gasteiger partial charge in [-0.1, -0.05) is 12.1 Å². The number of hydrogen-bond acceptors (Lipinski definition) is 5. The van der Waals surface area contributed by atoms with Gasteiger partial charge in [-0.25, -0.2) is 0 Å². The van der Waals surface area contributed by atoms with E-state index in [9.17, 15) is 15.0 Å². The molecule has 0 radical (unpaired) electrons. The van der Waals surface area contributed by atoms with Gasteiger partial charge in [-0.2, -0.15) is 0 Å². The molecule has 4 rings (SSSR count). The van der Waals surface area contributed by atoms with Crippen LogP contribution in [0.5, 0.6) is 0 Å². The van der Waals surface area contributed by atoms with Gasteiger partial charge in [0.1, 0.15) is 11.8 Å². The van der Waals surface area contributed by atoms with Crippen LogP contribution in [0.4, 0.5) is 5.69 Å². The summed E-state index contributed by atoms with van der Waals surface area (Å²) in [6, 6.07) is 6.80. The lowest BCUT2D eigenvalue weighted by atomic mass is 9.79. The minimum atomic E-state index is -0.480. The van der Waals surface area contributed by atoms with Gasteiger partial charge in [-0.05, 0) is 51.4 Å². The van der Waals surface area contributed by atoms with Crippen molar-refractivity contribution in [2.75, 3.05) is 18.5 Å². The molecule has 0 spiro atoms. The number of aliphatic hydroxyl groups excluding tert-OH is 2. The van der Waals surface area contributed by atoms with Gasteiger partial charge < -0.3 is 20.4 Å². The average molecular weight is 343 g/mol. The van der Waals surface area contributed by atoms with Gasteiger partial charge in [0.25, 0.3) is 5.91 Å². The van der Waals surface area contributed by atoms with E-state index in [0.29, 0.717) is 12.2 Å². The molecule has 0 bridgehead atoms. The highest BCUT2D eigenvalue weighted by Gasteiger charge is 2.51. The maximum atomic E-state index is 13.1. The van der Waals surface area contributed by atoms with E-state index in [4.69, 9.17) is 0 Å². The number of piperidine rings is 1. The Morgan fingerprint density at radius 2 is 2.04 bits per heavy atom. The van der Waals surface area contributed by atoms with Crippen molar-refractivity contribution in [3.63, 3.8) is 0 Å². The largest absolute Gasteiger partial charge is 0.510 e. The lowest BCUT2D eigenvalue weighted by Crippen LogP contribution is -2.69. The standard InChI is InChI=1S/C19H25N3O3/c1-19(2)17(16(24)10-14-15(23)8-5-9-22(14)19)21-11-20-13-7-4-3-6-12(13)18(21)25/h3-4,6-7,10,14-15,17,20,23-24H,5,8-9,11H2,1-2H3/t14-,15+,17+/m1/s1. The molecule has 3 atom stereocenters. The number of aliphatic hydroxyl groups is 2. The second-order valence-corrected chi connectivity index (χ2v) is 7.70. The molecule has 1 aromatic rings. The predicted molar refractivity (Wildman–Crippen MR) is 95.4 cm³/mol. The van der Waals surface area contributed by atoms with Gasteiger partial charge in [0.2, 0.25) is 0 Å². The van der Waals surface area contributed by atoms with Crippen LogP contribution in [-0.2, 0) is 0 Å². The minimum absolute atomic E-state index is 0.0802. The number of nitrogens with one attached hydrogen (secondary N) is 1. The summed E-state index contributed by atoms with van der Waals surface area (Å²) in [5, 5.41) is 24.4. The van der Waals surface area contributed by atoms with Crippen LogP contribution in [0.3, 0.4) is 0 Å². The monoisotopic (exact) mass is 343 g/mol. The van der Waals surface area contributed by atoms with Crippen molar-refractivity contribution in [1.29, 1.82) is 0 Å². The quantitative estimate of drug-likeness (QED) is 0.726. The summed E-state index contributed by atoms with van der Waals surface area (Å²) in [6.45, 7) is 5.28. The van der Waals surface area contributed by atoms with Crippen LogP contribution in [0.25, 0.3) is 0 Å². The van der Waals surface area contributed by atoms with E-state index in [0.717, 1.165) is 25.1 Å². The number of carbonyl (C=O) groups is 1. The Hall–Kier alpha value is -2.05. The molecule has 6 nitrogen and oxygen atoms in total. The van der Waals surface area contributed by atoms with Crippen LogP contribution in [-0.4, -0.2) is 62.9 Å². The molecule has 3 heterocycles. The Morgan fingerprint density at radius 1 is 1.28 bits per heavy atom. The molecule has 0 aliphatic carbocycles. The van der Waals surface area contributed by atoms with Crippen molar-refractivity contribution in [1.82, 2.24) is 9.80 Å². The van der Waals surface area contributed by atoms with Crippen LogP contribution >= 0.6 is 0 Å². The van der Waals surface area contributed by atoms with Crippen molar-refractivity contribution in [3.8, 4) is 0 Å². The first-order chi connectivity index (χ1) is 11.9. The highest BCUT2D eigenvalue weighted by molar-refractivity contribution is 6.01. The number of hydrogen-bond donors (Lipinski definition) is 3. The van der Waals surface area contributed by atoms with E-state index in [1.54, 1.807) is 17.0 Å². The lowest BCUT2D eigenvalue weighted by Gasteiger charge is -2.56. The molecule has 1 fully saturated rings. The zero-order valence-electron chi connectivity index (χ0n) is 14.6. The summed E-state index contributed by atoms with van der Waals surface area (Å²) in [4.78, 5) is 17.0. The fraction of sp³-hybridized carbons (Fsp3) is 0.526. The Balaban J connectivity index is 1.72. The Morgan fingerprint density at radius 3 is 2.84 bits per heavy atom. The number of anilines is 1. The Bertz CT molecular complexity index is 730. The first kappa shape index (κ1) is 16.4. The van der Waals surface area contributed by atoms with E-state index < -0.39 is 17.7 Å². The van der Waals surface area contributed by atoms with E-state index in [1.807, 2.05) is 32.0 Å². The van der Waals surface area contributed by atoms with Crippen LogP contribution in [0.2, 0.25) is 0 Å². The number of benzene rings is 1. The molecule has 1 amide bonds. The van der Waals surface area contributed by atoms with Crippen LogP contribution in [0.1, 0.15) is 37.0 Å². The van der Waals surface area contributed by atoms with E-state index >= 15 is 0 Å². The maximum absolute atomic E-state index is 13.1. The summed E-state index contributed by atoms with van der Waals surface area (Å²) >= 11 is 0. The first-order valence-electron chi connectivity index (χ1n) is 8.90. The molecule has 1 aromatic carbocycles. The summed E-state index contributed by atoms with van der Waals surface area (Å²) in [7, 11) is 0. The maximum Gasteiger partial charge on any atom is 0.258 e. The SMILES string of the molecule is CC1(C)[C@@H](N2CNc3ccccc3C2=O)C(O)=C[C@@H]2[C@@H](O)CCCN21.